The second-order valence-electron chi connectivity index (χ2n) is 5.01. The summed E-state index contributed by atoms with van der Waals surface area (Å²) in [5, 5.41) is 7.81. The molecule has 2 aromatic rings. The topological polar surface area (TPSA) is 29.9 Å². The summed E-state index contributed by atoms with van der Waals surface area (Å²) in [6.07, 6.45) is 5.17. The highest BCUT2D eigenvalue weighted by Crippen LogP contribution is 2.23. The van der Waals surface area contributed by atoms with Crippen molar-refractivity contribution in [2.45, 2.75) is 13.0 Å². The summed E-state index contributed by atoms with van der Waals surface area (Å²) in [6, 6.07) is 10.6. The lowest BCUT2D eigenvalue weighted by Gasteiger charge is -2.12. The maximum atomic E-state index is 4.24. The Bertz CT molecular complexity index is 504. The molecular formula is C15H19N3S. The van der Waals surface area contributed by atoms with Crippen LogP contribution in [0.15, 0.2) is 42.7 Å². The van der Waals surface area contributed by atoms with E-state index in [1.54, 1.807) is 0 Å². The summed E-state index contributed by atoms with van der Waals surface area (Å²) >= 11 is 2.07. The number of hydrogen-bond donors (Lipinski definition) is 1. The second-order valence-corrected chi connectivity index (χ2v) is 6.16. The van der Waals surface area contributed by atoms with Crippen molar-refractivity contribution < 1.29 is 0 Å². The standard InChI is InChI=1S/C15H19N3S/c1-3-13(11-18-7-2-6-17-18)9-15(4-1)16-10-14-5-8-19-12-14/h1-4,6-7,9,14,16H,5,8,10-12H2. The average Bonchev–Trinajstić information content (AvgIpc) is 3.10. The molecule has 1 aliphatic heterocycles. The fraction of sp³-hybridized carbons (Fsp3) is 0.400. The molecule has 2 heterocycles. The number of nitrogens with zero attached hydrogens (tertiary/aromatic N) is 2. The number of nitrogens with one attached hydrogen (secondary N) is 1. The molecule has 1 aromatic heterocycles. The Morgan fingerprint density at radius 1 is 1.37 bits per heavy atom. The molecule has 19 heavy (non-hydrogen) atoms. The Balaban J connectivity index is 1.59. The molecular weight excluding hydrogens is 254 g/mol. The quantitative estimate of drug-likeness (QED) is 0.908. The molecule has 1 fully saturated rings. The van der Waals surface area contributed by atoms with Crippen LogP contribution >= 0.6 is 11.8 Å². The third-order valence-electron chi connectivity index (χ3n) is 3.45. The first kappa shape index (κ1) is 12.6. The lowest BCUT2D eigenvalue weighted by atomic mass is 10.1. The minimum atomic E-state index is 0.833. The van der Waals surface area contributed by atoms with Gasteiger partial charge in [0.2, 0.25) is 0 Å². The molecule has 0 aliphatic carbocycles. The maximum Gasteiger partial charge on any atom is 0.0660 e. The molecule has 3 nitrogen and oxygen atoms in total. The third-order valence-corrected chi connectivity index (χ3v) is 4.68. The summed E-state index contributed by atoms with van der Waals surface area (Å²) in [6.45, 7) is 1.93. The monoisotopic (exact) mass is 273 g/mol. The van der Waals surface area contributed by atoms with Gasteiger partial charge in [-0.3, -0.25) is 4.68 Å². The van der Waals surface area contributed by atoms with E-state index in [0.29, 0.717) is 0 Å². The van der Waals surface area contributed by atoms with Gasteiger partial charge in [0.15, 0.2) is 0 Å². The smallest absolute Gasteiger partial charge is 0.0660 e. The first-order valence-corrected chi connectivity index (χ1v) is 7.93. The zero-order valence-electron chi connectivity index (χ0n) is 11.0. The van der Waals surface area contributed by atoms with Crippen molar-refractivity contribution in [1.29, 1.82) is 0 Å². The Morgan fingerprint density at radius 2 is 2.37 bits per heavy atom. The molecule has 1 aromatic carbocycles. The highest BCUT2D eigenvalue weighted by atomic mass is 32.2. The molecule has 100 valence electrons. The number of anilines is 1. The van der Waals surface area contributed by atoms with Gasteiger partial charge in [0.25, 0.3) is 0 Å². The van der Waals surface area contributed by atoms with E-state index >= 15 is 0 Å². The van der Waals surface area contributed by atoms with Gasteiger partial charge in [-0.1, -0.05) is 12.1 Å². The Morgan fingerprint density at radius 3 is 3.16 bits per heavy atom. The molecule has 4 heteroatoms. The highest BCUT2D eigenvalue weighted by Gasteiger charge is 2.14. The number of thioether (sulfide) groups is 1. The van der Waals surface area contributed by atoms with Crippen LogP contribution in [0.2, 0.25) is 0 Å². The van der Waals surface area contributed by atoms with Gasteiger partial charge in [-0.05, 0) is 47.6 Å². The minimum Gasteiger partial charge on any atom is -0.385 e. The van der Waals surface area contributed by atoms with Crippen LogP contribution in [-0.4, -0.2) is 27.8 Å². The molecule has 0 radical (unpaired) electrons. The van der Waals surface area contributed by atoms with Gasteiger partial charge in [0.05, 0.1) is 6.54 Å². The molecule has 0 saturated carbocycles. The maximum absolute atomic E-state index is 4.24. The van der Waals surface area contributed by atoms with Gasteiger partial charge in [-0.2, -0.15) is 16.9 Å². The van der Waals surface area contributed by atoms with Crippen molar-refractivity contribution in [3.63, 3.8) is 0 Å². The van der Waals surface area contributed by atoms with Crippen LogP contribution in [0.4, 0.5) is 5.69 Å². The number of benzene rings is 1. The van der Waals surface area contributed by atoms with Crippen LogP contribution in [-0.2, 0) is 6.54 Å². The highest BCUT2D eigenvalue weighted by molar-refractivity contribution is 7.99. The normalized spacial score (nSPS) is 18.6. The number of rotatable bonds is 5. The zero-order valence-corrected chi connectivity index (χ0v) is 11.8. The summed E-state index contributed by atoms with van der Waals surface area (Å²) in [7, 11) is 0. The molecule has 1 saturated heterocycles. The van der Waals surface area contributed by atoms with Gasteiger partial charge in [-0.15, -0.1) is 0 Å². The van der Waals surface area contributed by atoms with Gasteiger partial charge < -0.3 is 5.32 Å². The van der Waals surface area contributed by atoms with Crippen molar-refractivity contribution in [3.8, 4) is 0 Å². The number of hydrogen-bond acceptors (Lipinski definition) is 3. The molecule has 1 atom stereocenters. The van der Waals surface area contributed by atoms with Crippen LogP contribution in [0.3, 0.4) is 0 Å². The van der Waals surface area contributed by atoms with E-state index in [2.05, 4.69) is 46.4 Å². The van der Waals surface area contributed by atoms with Crippen molar-refractivity contribution in [1.82, 2.24) is 9.78 Å². The van der Waals surface area contributed by atoms with Gasteiger partial charge in [-0.25, -0.2) is 0 Å². The molecule has 0 bridgehead atoms. The van der Waals surface area contributed by atoms with Crippen molar-refractivity contribution >= 4 is 17.4 Å². The second kappa shape index (κ2) is 6.15. The van der Waals surface area contributed by atoms with E-state index in [0.717, 1.165) is 19.0 Å². The van der Waals surface area contributed by atoms with Crippen molar-refractivity contribution in [3.05, 3.63) is 48.3 Å². The zero-order chi connectivity index (χ0) is 12.9. The summed E-state index contributed by atoms with van der Waals surface area (Å²) in [5.74, 6) is 3.46. The summed E-state index contributed by atoms with van der Waals surface area (Å²) in [5.41, 5.74) is 2.51. The fourth-order valence-electron chi connectivity index (χ4n) is 2.37. The van der Waals surface area contributed by atoms with Gasteiger partial charge >= 0.3 is 0 Å². The van der Waals surface area contributed by atoms with E-state index in [-0.39, 0.29) is 0 Å². The van der Waals surface area contributed by atoms with E-state index in [4.69, 9.17) is 0 Å². The van der Waals surface area contributed by atoms with E-state index in [9.17, 15) is 0 Å². The van der Waals surface area contributed by atoms with Crippen molar-refractivity contribution in [2.75, 3.05) is 23.4 Å². The minimum absolute atomic E-state index is 0.833. The lowest BCUT2D eigenvalue weighted by Crippen LogP contribution is -2.13. The Labute approximate surface area is 118 Å². The lowest BCUT2D eigenvalue weighted by molar-refractivity contribution is 0.631. The molecule has 1 N–H and O–H groups in total. The Kier molecular flexibility index (Phi) is 4.08. The van der Waals surface area contributed by atoms with Crippen LogP contribution in [0, 0.1) is 5.92 Å². The first-order valence-electron chi connectivity index (χ1n) is 6.78. The molecule has 3 rings (SSSR count). The molecule has 1 aliphatic rings. The molecule has 1 unspecified atom stereocenters. The van der Waals surface area contributed by atoms with E-state index in [1.807, 2.05) is 23.1 Å². The van der Waals surface area contributed by atoms with E-state index < -0.39 is 0 Å². The van der Waals surface area contributed by atoms with E-state index in [1.165, 1.54) is 29.2 Å². The summed E-state index contributed by atoms with van der Waals surface area (Å²) < 4.78 is 1.95. The predicted octanol–water partition coefficient (Wildman–Crippen LogP) is 3.10. The molecule has 0 spiro atoms. The average molecular weight is 273 g/mol. The van der Waals surface area contributed by atoms with Gasteiger partial charge in [0, 0.05) is 24.6 Å². The molecule has 0 amide bonds. The number of aromatic nitrogens is 2. The fourth-order valence-corrected chi connectivity index (χ4v) is 3.65. The van der Waals surface area contributed by atoms with Gasteiger partial charge in [0.1, 0.15) is 0 Å². The van der Waals surface area contributed by atoms with Crippen LogP contribution in [0.5, 0.6) is 0 Å². The predicted molar refractivity (Wildman–Crippen MR) is 81.7 cm³/mol. The summed E-state index contributed by atoms with van der Waals surface area (Å²) in [4.78, 5) is 0. The largest absolute Gasteiger partial charge is 0.385 e. The van der Waals surface area contributed by atoms with Crippen LogP contribution in [0.25, 0.3) is 0 Å². The Hall–Kier alpha value is -1.42. The first-order chi connectivity index (χ1) is 9.40. The van der Waals surface area contributed by atoms with Crippen LogP contribution < -0.4 is 5.32 Å². The van der Waals surface area contributed by atoms with Crippen LogP contribution in [0.1, 0.15) is 12.0 Å². The van der Waals surface area contributed by atoms with Crippen molar-refractivity contribution in [2.24, 2.45) is 5.92 Å². The SMILES string of the molecule is c1cc(Cn2cccn2)cc(NCC2CCSC2)c1. The third kappa shape index (κ3) is 3.53.